The first kappa shape index (κ1) is 10.9. The summed E-state index contributed by atoms with van der Waals surface area (Å²) in [6.45, 7) is 0. The third-order valence-electron chi connectivity index (χ3n) is 2.14. The number of nitrogens with zero attached hydrogens (tertiary/aromatic N) is 4. The molecule has 0 radical (unpaired) electrons. The van der Waals surface area contributed by atoms with Crippen molar-refractivity contribution in [2.75, 3.05) is 5.73 Å². The Morgan fingerprint density at radius 1 is 1.56 bits per heavy atom. The number of rotatable bonds is 2. The Hall–Kier alpha value is -1.62. The normalized spacial score (nSPS) is 10.0. The van der Waals surface area contributed by atoms with Gasteiger partial charge in [-0.3, -0.25) is 0 Å². The molecular formula is C10H8IN5. The van der Waals surface area contributed by atoms with Crippen molar-refractivity contribution in [2.24, 2.45) is 0 Å². The summed E-state index contributed by atoms with van der Waals surface area (Å²) >= 11 is 2.25. The molecule has 2 aromatic heterocycles. The highest BCUT2D eigenvalue weighted by Gasteiger charge is 2.12. The number of nitrogens with two attached hydrogens (primary N) is 1. The summed E-state index contributed by atoms with van der Waals surface area (Å²) in [5.74, 6) is 1.00. The van der Waals surface area contributed by atoms with Gasteiger partial charge in [-0.25, -0.2) is 4.98 Å². The first-order chi connectivity index (χ1) is 7.77. The van der Waals surface area contributed by atoms with E-state index in [1.165, 1.54) is 10.9 Å². The van der Waals surface area contributed by atoms with Gasteiger partial charge < -0.3 is 5.73 Å². The van der Waals surface area contributed by atoms with Crippen LogP contribution < -0.4 is 5.73 Å². The molecule has 0 aliphatic rings. The average molecular weight is 325 g/mol. The van der Waals surface area contributed by atoms with Gasteiger partial charge in [0, 0.05) is 16.2 Å². The maximum absolute atomic E-state index is 8.80. The van der Waals surface area contributed by atoms with E-state index in [-0.39, 0.29) is 0 Å². The Kier molecular flexibility index (Phi) is 3.05. The SMILES string of the molecule is N#Cc1cnn(-c2ncccc2CI)c1N. The predicted molar refractivity (Wildman–Crippen MR) is 68.2 cm³/mol. The zero-order chi connectivity index (χ0) is 11.5. The molecule has 2 aromatic rings. The smallest absolute Gasteiger partial charge is 0.159 e. The lowest BCUT2D eigenvalue weighted by Gasteiger charge is -2.06. The number of hydrogen-bond acceptors (Lipinski definition) is 4. The maximum Gasteiger partial charge on any atom is 0.159 e. The second kappa shape index (κ2) is 4.49. The molecule has 0 bridgehead atoms. The fourth-order valence-corrected chi connectivity index (χ4v) is 1.93. The van der Waals surface area contributed by atoms with E-state index in [1.807, 2.05) is 18.2 Å². The van der Waals surface area contributed by atoms with Gasteiger partial charge in [-0.1, -0.05) is 28.7 Å². The van der Waals surface area contributed by atoms with E-state index < -0.39 is 0 Å². The molecule has 5 nitrogen and oxygen atoms in total. The summed E-state index contributed by atoms with van der Waals surface area (Å²) in [7, 11) is 0. The molecular weight excluding hydrogens is 317 g/mol. The van der Waals surface area contributed by atoms with Crippen LogP contribution in [0.25, 0.3) is 5.82 Å². The monoisotopic (exact) mass is 325 g/mol. The van der Waals surface area contributed by atoms with Gasteiger partial charge in [-0.05, 0) is 6.07 Å². The predicted octanol–water partition coefficient (Wildman–Crippen LogP) is 1.66. The molecule has 80 valence electrons. The quantitative estimate of drug-likeness (QED) is 0.673. The largest absolute Gasteiger partial charge is 0.382 e. The summed E-state index contributed by atoms with van der Waals surface area (Å²) in [5.41, 5.74) is 7.20. The van der Waals surface area contributed by atoms with Gasteiger partial charge in [0.15, 0.2) is 5.82 Å². The van der Waals surface area contributed by atoms with E-state index >= 15 is 0 Å². The second-order valence-corrected chi connectivity index (χ2v) is 3.85. The summed E-state index contributed by atoms with van der Waals surface area (Å²) in [5, 5.41) is 12.9. The van der Waals surface area contributed by atoms with Gasteiger partial charge in [0.2, 0.25) is 0 Å². The number of alkyl halides is 1. The highest BCUT2D eigenvalue weighted by atomic mass is 127. The van der Waals surface area contributed by atoms with Gasteiger partial charge >= 0.3 is 0 Å². The minimum Gasteiger partial charge on any atom is -0.382 e. The van der Waals surface area contributed by atoms with Crippen LogP contribution in [0.5, 0.6) is 0 Å². The fourth-order valence-electron chi connectivity index (χ4n) is 1.34. The van der Waals surface area contributed by atoms with E-state index in [9.17, 15) is 0 Å². The van der Waals surface area contributed by atoms with Crippen LogP contribution in [-0.4, -0.2) is 14.8 Å². The first-order valence-electron chi connectivity index (χ1n) is 4.51. The van der Waals surface area contributed by atoms with Crippen molar-refractivity contribution in [1.29, 1.82) is 5.26 Å². The molecule has 0 amide bonds. The number of halogens is 1. The van der Waals surface area contributed by atoms with Gasteiger partial charge in [0.05, 0.1) is 6.20 Å². The van der Waals surface area contributed by atoms with Crippen LogP contribution in [-0.2, 0) is 4.43 Å². The van der Waals surface area contributed by atoms with Crippen molar-refractivity contribution in [3.8, 4) is 11.9 Å². The summed E-state index contributed by atoms with van der Waals surface area (Å²) in [4.78, 5) is 4.23. The third-order valence-corrected chi connectivity index (χ3v) is 2.96. The van der Waals surface area contributed by atoms with Crippen molar-refractivity contribution in [1.82, 2.24) is 14.8 Å². The fraction of sp³-hybridized carbons (Fsp3) is 0.100. The Labute approximate surface area is 106 Å². The zero-order valence-electron chi connectivity index (χ0n) is 8.26. The molecule has 2 N–H and O–H groups in total. The van der Waals surface area contributed by atoms with Crippen LogP contribution in [0.2, 0.25) is 0 Å². The molecule has 2 heterocycles. The molecule has 2 rings (SSSR count). The first-order valence-corrected chi connectivity index (χ1v) is 6.04. The summed E-state index contributed by atoms with van der Waals surface area (Å²) in [6, 6.07) is 5.81. The summed E-state index contributed by atoms with van der Waals surface area (Å²) < 4.78 is 2.30. The van der Waals surface area contributed by atoms with Crippen LogP contribution in [0.4, 0.5) is 5.82 Å². The van der Waals surface area contributed by atoms with E-state index in [2.05, 4.69) is 32.7 Å². The molecule has 0 aliphatic heterocycles. The maximum atomic E-state index is 8.80. The molecule has 0 aliphatic carbocycles. The molecule has 0 saturated heterocycles. The molecule has 0 unspecified atom stereocenters. The molecule has 6 heteroatoms. The standard InChI is InChI=1S/C10H8IN5/c11-4-7-2-1-3-14-10(7)16-9(13)8(5-12)6-15-16/h1-3,6H,4,13H2. The van der Waals surface area contributed by atoms with Crippen LogP contribution in [0, 0.1) is 11.3 Å². The van der Waals surface area contributed by atoms with E-state index in [1.54, 1.807) is 6.20 Å². The number of aromatic nitrogens is 3. The Morgan fingerprint density at radius 3 is 3.00 bits per heavy atom. The minimum atomic E-state index is 0.326. The molecule has 16 heavy (non-hydrogen) atoms. The Morgan fingerprint density at radius 2 is 2.38 bits per heavy atom. The van der Waals surface area contributed by atoms with Gasteiger partial charge in [-0.15, -0.1) is 0 Å². The lowest BCUT2D eigenvalue weighted by atomic mass is 10.3. The van der Waals surface area contributed by atoms with Crippen molar-refractivity contribution in [2.45, 2.75) is 4.43 Å². The van der Waals surface area contributed by atoms with Crippen molar-refractivity contribution in [3.05, 3.63) is 35.7 Å². The van der Waals surface area contributed by atoms with E-state index in [0.29, 0.717) is 17.2 Å². The number of anilines is 1. The van der Waals surface area contributed by atoms with Crippen LogP contribution in [0.15, 0.2) is 24.5 Å². The van der Waals surface area contributed by atoms with E-state index in [4.69, 9.17) is 11.0 Å². The Balaban J connectivity index is 2.59. The molecule has 0 aromatic carbocycles. The average Bonchev–Trinajstić information content (AvgIpc) is 2.70. The summed E-state index contributed by atoms with van der Waals surface area (Å²) in [6.07, 6.45) is 3.12. The lowest BCUT2D eigenvalue weighted by Crippen LogP contribution is -2.07. The van der Waals surface area contributed by atoms with E-state index in [0.717, 1.165) is 9.99 Å². The highest BCUT2D eigenvalue weighted by molar-refractivity contribution is 14.1. The lowest BCUT2D eigenvalue weighted by molar-refractivity contribution is 0.847. The molecule has 0 saturated carbocycles. The second-order valence-electron chi connectivity index (χ2n) is 3.09. The molecule has 0 atom stereocenters. The van der Waals surface area contributed by atoms with Crippen LogP contribution in [0.3, 0.4) is 0 Å². The zero-order valence-corrected chi connectivity index (χ0v) is 10.4. The number of nitriles is 1. The van der Waals surface area contributed by atoms with Crippen LogP contribution >= 0.6 is 22.6 Å². The number of pyridine rings is 1. The van der Waals surface area contributed by atoms with Gasteiger partial charge in [0.25, 0.3) is 0 Å². The minimum absolute atomic E-state index is 0.326. The number of hydrogen-bond donors (Lipinski definition) is 1. The van der Waals surface area contributed by atoms with Gasteiger partial charge in [-0.2, -0.15) is 15.0 Å². The van der Waals surface area contributed by atoms with Crippen molar-refractivity contribution in [3.63, 3.8) is 0 Å². The highest BCUT2D eigenvalue weighted by Crippen LogP contribution is 2.19. The molecule has 0 spiro atoms. The topological polar surface area (TPSA) is 80.5 Å². The Bertz CT molecular complexity index is 555. The third kappa shape index (κ3) is 1.74. The van der Waals surface area contributed by atoms with Crippen LogP contribution in [0.1, 0.15) is 11.1 Å². The number of nitrogen functional groups attached to an aromatic ring is 1. The van der Waals surface area contributed by atoms with Crippen molar-refractivity contribution >= 4 is 28.4 Å². The van der Waals surface area contributed by atoms with Crippen molar-refractivity contribution < 1.29 is 0 Å². The van der Waals surface area contributed by atoms with Gasteiger partial charge in [0.1, 0.15) is 17.5 Å². The molecule has 0 fully saturated rings.